The first-order valence-corrected chi connectivity index (χ1v) is 7.44. The third kappa shape index (κ3) is 3.76. The Morgan fingerprint density at radius 2 is 2.00 bits per heavy atom. The number of rotatable bonds is 4. The lowest BCUT2D eigenvalue weighted by molar-refractivity contribution is 0.437. The van der Waals surface area contributed by atoms with Crippen LogP contribution in [-0.4, -0.2) is 14.0 Å². The van der Waals surface area contributed by atoms with E-state index < -0.39 is 21.4 Å². The number of hydrogen-bond donors (Lipinski definition) is 1. The summed E-state index contributed by atoms with van der Waals surface area (Å²) in [4.78, 5) is -0.339. The van der Waals surface area contributed by atoms with Crippen LogP contribution in [0.15, 0.2) is 27.6 Å². The molecule has 17 heavy (non-hydrogen) atoms. The van der Waals surface area contributed by atoms with Gasteiger partial charge in [0.2, 0.25) is 10.0 Å². The zero-order valence-corrected chi connectivity index (χ0v) is 12.3. The van der Waals surface area contributed by atoms with Crippen molar-refractivity contribution in [3.63, 3.8) is 0 Å². The van der Waals surface area contributed by atoms with Crippen molar-refractivity contribution in [3.8, 4) is 0 Å². The highest BCUT2D eigenvalue weighted by Crippen LogP contribution is 2.22. The molecular formula is C11H15BrFNO2S. The third-order valence-corrected chi connectivity index (χ3v) is 4.68. The Morgan fingerprint density at radius 1 is 1.41 bits per heavy atom. The molecule has 0 spiro atoms. The van der Waals surface area contributed by atoms with Crippen molar-refractivity contribution in [2.24, 2.45) is 0 Å². The highest BCUT2D eigenvalue weighted by Gasteiger charge is 2.26. The molecule has 3 nitrogen and oxygen atoms in total. The second-order valence-electron chi connectivity index (χ2n) is 4.42. The Kier molecular flexibility index (Phi) is 4.33. The van der Waals surface area contributed by atoms with E-state index in [9.17, 15) is 12.8 Å². The van der Waals surface area contributed by atoms with Gasteiger partial charge in [0.25, 0.3) is 0 Å². The van der Waals surface area contributed by atoms with E-state index in [0.717, 1.165) is 6.07 Å². The lowest BCUT2D eigenvalue weighted by Crippen LogP contribution is -2.42. The minimum Gasteiger partial charge on any atom is -0.207 e. The van der Waals surface area contributed by atoms with Crippen LogP contribution in [0, 0.1) is 5.82 Å². The van der Waals surface area contributed by atoms with Gasteiger partial charge in [-0.1, -0.05) is 22.9 Å². The smallest absolute Gasteiger partial charge is 0.207 e. The van der Waals surface area contributed by atoms with Crippen LogP contribution in [0.25, 0.3) is 0 Å². The van der Waals surface area contributed by atoms with Crippen molar-refractivity contribution >= 4 is 26.0 Å². The van der Waals surface area contributed by atoms with E-state index in [-0.39, 0.29) is 4.90 Å². The molecule has 0 bridgehead atoms. The van der Waals surface area contributed by atoms with E-state index in [1.807, 2.05) is 6.92 Å². The van der Waals surface area contributed by atoms with Gasteiger partial charge < -0.3 is 0 Å². The minimum atomic E-state index is -3.84. The van der Waals surface area contributed by atoms with Crippen molar-refractivity contribution in [1.29, 1.82) is 0 Å². The van der Waals surface area contributed by atoms with Crippen LogP contribution in [-0.2, 0) is 10.0 Å². The van der Waals surface area contributed by atoms with E-state index in [0.29, 0.717) is 10.9 Å². The monoisotopic (exact) mass is 323 g/mol. The summed E-state index contributed by atoms with van der Waals surface area (Å²) in [6, 6.07) is 3.83. The van der Waals surface area contributed by atoms with E-state index in [2.05, 4.69) is 20.7 Å². The fourth-order valence-corrected chi connectivity index (χ4v) is 3.28. The Labute approximate surface area is 110 Å². The van der Waals surface area contributed by atoms with E-state index in [1.54, 1.807) is 13.8 Å². The molecule has 1 N–H and O–H groups in total. The largest absolute Gasteiger partial charge is 0.244 e. The molecule has 0 aliphatic carbocycles. The van der Waals surface area contributed by atoms with E-state index in [1.165, 1.54) is 12.1 Å². The van der Waals surface area contributed by atoms with Crippen molar-refractivity contribution < 1.29 is 12.8 Å². The predicted molar refractivity (Wildman–Crippen MR) is 68.8 cm³/mol. The van der Waals surface area contributed by atoms with Gasteiger partial charge in [-0.05, 0) is 38.5 Å². The third-order valence-electron chi connectivity index (χ3n) is 2.48. The molecule has 0 aromatic heterocycles. The zero-order chi connectivity index (χ0) is 13.3. The lowest BCUT2D eigenvalue weighted by atomic mass is 10.0. The average Bonchev–Trinajstić information content (AvgIpc) is 2.20. The Hall–Kier alpha value is -0.460. The van der Waals surface area contributed by atoms with Gasteiger partial charge >= 0.3 is 0 Å². The van der Waals surface area contributed by atoms with Crippen molar-refractivity contribution in [2.75, 3.05) is 0 Å². The standard InChI is InChI=1S/C11H15BrFNO2S/c1-4-11(2,3)14-17(15,16)10-7-8(12)5-6-9(10)13/h5-7,14H,4H2,1-3H3. The summed E-state index contributed by atoms with van der Waals surface area (Å²) in [7, 11) is -3.84. The highest BCUT2D eigenvalue weighted by molar-refractivity contribution is 9.10. The van der Waals surface area contributed by atoms with Gasteiger partial charge in [0.1, 0.15) is 10.7 Å². The van der Waals surface area contributed by atoms with Crippen LogP contribution in [0.5, 0.6) is 0 Å². The molecule has 1 rings (SSSR count). The highest BCUT2D eigenvalue weighted by atomic mass is 79.9. The number of benzene rings is 1. The topological polar surface area (TPSA) is 46.2 Å². The van der Waals surface area contributed by atoms with Crippen LogP contribution in [0.1, 0.15) is 27.2 Å². The molecule has 6 heteroatoms. The molecule has 96 valence electrons. The quantitative estimate of drug-likeness (QED) is 0.925. The van der Waals surface area contributed by atoms with Gasteiger partial charge in [0.05, 0.1) is 0 Å². The molecule has 1 aromatic rings. The Morgan fingerprint density at radius 3 is 2.53 bits per heavy atom. The maximum Gasteiger partial charge on any atom is 0.244 e. The minimum absolute atomic E-state index is 0.339. The second kappa shape index (κ2) is 5.04. The van der Waals surface area contributed by atoms with Crippen LogP contribution in [0.4, 0.5) is 4.39 Å². The lowest BCUT2D eigenvalue weighted by Gasteiger charge is -2.24. The Balaban J connectivity index is 3.18. The van der Waals surface area contributed by atoms with Gasteiger partial charge in [-0.15, -0.1) is 0 Å². The fraction of sp³-hybridized carbons (Fsp3) is 0.455. The summed E-state index contributed by atoms with van der Waals surface area (Å²) >= 11 is 3.13. The van der Waals surface area contributed by atoms with Gasteiger partial charge in [-0.2, -0.15) is 0 Å². The molecule has 0 saturated heterocycles. The fourth-order valence-electron chi connectivity index (χ4n) is 1.17. The molecule has 0 fully saturated rings. The van der Waals surface area contributed by atoms with Crippen molar-refractivity contribution in [1.82, 2.24) is 4.72 Å². The van der Waals surface area contributed by atoms with E-state index in [4.69, 9.17) is 0 Å². The van der Waals surface area contributed by atoms with Crippen LogP contribution < -0.4 is 4.72 Å². The molecule has 0 radical (unpaired) electrons. The van der Waals surface area contributed by atoms with Crippen molar-refractivity contribution in [2.45, 2.75) is 37.6 Å². The van der Waals surface area contributed by atoms with Gasteiger partial charge in [0, 0.05) is 10.0 Å². The van der Waals surface area contributed by atoms with Crippen LogP contribution >= 0.6 is 15.9 Å². The Bertz CT molecular complexity index is 514. The number of nitrogens with one attached hydrogen (secondary N) is 1. The van der Waals surface area contributed by atoms with Gasteiger partial charge in [0.15, 0.2) is 0 Å². The first-order valence-electron chi connectivity index (χ1n) is 5.17. The maximum atomic E-state index is 13.5. The SMILES string of the molecule is CCC(C)(C)NS(=O)(=O)c1cc(Br)ccc1F. The van der Waals surface area contributed by atoms with Gasteiger partial charge in [-0.25, -0.2) is 17.5 Å². The van der Waals surface area contributed by atoms with Gasteiger partial charge in [-0.3, -0.25) is 0 Å². The molecule has 0 heterocycles. The molecule has 0 aliphatic rings. The summed E-state index contributed by atoms with van der Waals surface area (Å²) in [5, 5.41) is 0. The summed E-state index contributed by atoms with van der Waals surface area (Å²) in [6.45, 7) is 5.36. The first-order chi connectivity index (χ1) is 7.68. The molecule has 0 aliphatic heterocycles. The average molecular weight is 324 g/mol. The number of hydrogen-bond acceptors (Lipinski definition) is 2. The molecule has 0 atom stereocenters. The molecule has 0 amide bonds. The van der Waals surface area contributed by atoms with Crippen LogP contribution in [0.3, 0.4) is 0 Å². The summed E-state index contributed by atoms with van der Waals surface area (Å²) < 4.78 is 40.5. The predicted octanol–water partition coefficient (Wildman–Crippen LogP) is 3.06. The first kappa shape index (κ1) is 14.6. The molecule has 1 aromatic carbocycles. The molecular weight excluding hydrogens is 309 g/mol. The summed E-state index contributed by atoms with van der Waals surface area (Å²) in [5.41, 5.74) is -0.604. The summed E-state index contributed by atoms with van der Waals surface area (Å²) in [6.07, 6.45) is 0.613. The van der Waals surface area contributed by atoms with Crippen LogP contribution in [0.2, 0.25) is 0 Å². The number of halogens is 2. The second-order valence-corrected chi connectivity index (χ2v) is 6.98. The maximum absolute atomic E-state index is 13.5. The number of sulfonamides is 1. The zero-order valence-electron chi connectivity index (χ0n) is 9.92. The molecule has 0 unspecified atom stereocenters. The van der Waals surface area contributed by atoms with Crippen molar-refractivity contribution in [3.05, 3.63) is 28.5 Å². The van der Waals surface area contributed by atoms with E-state index >= 15 is 0 Å². The normalized spacial score (nSPS) is 12.8. The molecule has 0 saturated carbocycles. The summed E-state index contributed by atoms with van der Waals surface area (Å²) in [5.74, 6) is -0.757.